The molecule has 0 aliphatic rings. The summed E-state index contributed by atoms with van der Waals surface area (Å²) >= 11 is 6.22. The zero-order valence-corrected chi connectivity index (χ0v) is 10.3. The summed E-state index contributed by atoms with van der Waals surface area (Å²) < 4.78 is 0. The maximum absolute atomic E-state index is 8.92. The van der Waals surface area contributed by atoms with Gasteiger partial charge in [-0.1, -0.05) is 54.1 Å². The SMILES string of the molecule is OCCCc1ccccc1-c1ccccc1Cl. The van der Waals surface area contributed by atoms with Gasteiger partial charge in [0.05, 0.1) is 0 Å². The van der Waals surface area contributed by atoms with Crippen LogP contribution in [0, 0.1) is 0 Å². The Hall–Kier alpha value is -1.31. The van der Waals surface area contributed by atoms with Crippen LogP contribution in [0.25, 0.3) is 11.1 Å². The van der Waals surface area contributed by atoms with Gasteiger partial charge >= 0.3 is 0 Å². The Morgan fingerprint density at radius 3 is 2.24 bits per heavy atom. The monoisotopic (exact) mass is 246 g/mol. The predicted octanol–water partition coefficient (Wildman–Crippen LogP) is 3.93. The number of aryl methyl sites for hydroxylation is 1. The van der Waals surface area contributed by atoms with Crippen LogP contribution in [0.1, 0.15) is 12.0 Å². The van der Waals surface area contributed by atoms with E-state index >= 15 is 0 Å². The van der Waals surface area contributed by atoms with E-state index in [0.717, 1.165) is 29.0 Å². The molecule has 0 unspecified atom stereocenters. The van der Waals surface area contributed by atoms with Crippen LogP contribution in [0.15, 0.2) is 48.5 Å². The summed E-state index contributed by atoms with van der Waals surface area (Å²) in [5.74, 6) is 0. The molecule has 0 radical (unpaired) electrons. The Morgan fingerprint density at radius 2 is 1.53 bits per heavy atom. The van der Waals surface area contributed by atoms with E-state index in [1.165, 1.54) is 5.56 Å². The third kappa shape index (κ3) is 2.87. The first-order valence-electron chi connectivity index (χ1n) is 5.76. The minimum absolute atomic E-state index is 0.219. The van der Waals surface area contributed by atoms with Crippen molar-refractivity contribution in [3.63, 3.8) is 0 Å². The molecule has 2 aromatic rings. The minimum atomic E-state index is 0.219. The van der Waals surface area contributed by atoms with Crippen molar-refractivity contribution in [2.45, 2.75) is 12.8 Å². The summed E-state index contributed by atoms with van der Waals surface area (Å²) in [6, 6.07) is 16.1. The first-order chi connectivity index (χ1) is 8.33. The van der Waals surface area contributed by atoms with E-state index in [9.17, 15) is 0 Å². The summed E-state index contributed by atoms with van der Waals surface area (Å²) in [6.45, 7) is 0.219. The maximum Gasteiger partial charge on any atom is 0.0484 e. The molecular formula is C15H15ClO. The minimum Gasteiger partial charge on any atom is -0.396 e. The third-order valence-corrected chi connectivity index (χ3v) is 3.12. The first-order valence-corrected chi connectivity index (χ1v) is 6.14. The van der Waals surface area contributed by atoms with Crippen LogP contribution in [0.4, 0.5) is 0 Å². The number of rotatable bonds is 4. The Kier molecular flexibility index (Phi) is 4.18. The number of benzene rings is 2. The van der Waals surface area contributed by atoms with Crippen LogP contribution >= 0.6 is 11.6 Å². The van der Waals surface area contributed by atoms with Crippen LogP contribution in [-0.4, -0.2) is 11.7 Å². The van der Waals surface area contributed by atoms with Gasteiger partial charge in [-0.3, -0.25) is 0 Å². The van der Waals surface area contributed by atoms with Gasteiger partial charge in [0.25, 0.3) is 0 Å². The van der Waals surface area contributed by atoms with Crippen molar-refractivity contribution in [2.24, 2.45) is 0 Å². The van der Waals surface area contributed by atoms with E-state index in [0.29, 0.717) is 0 Å². The van der Waals surface area contributed by atoms with Crippen molar-refractivity contribution < 1.29 is 5.11 Å². The zero-order valence-electron chi connectivity index (χ0n) is 9.57. The second-order valence-electron chi connectivity index (χ2n) is 3.96. The van der Waals surface area contributed by atoms with Crippen LogP contribution in [-0.2, 0) is 6.42 Å². The van der Waals surface area contributed by atoms with Gasteiger partial charge in [-0.05, 0) is 30.0 Å². The summed E-state index contributed by atoms with van der Waals surface area (Å²) in [6.07, 6.45) is 1.65. The van der Waals surface area contributed by atoms with Gasteiger partial charge < -0.3 is 5.11 Å². The molecule has 0 aromatic heterocycles. The second-order valence-corrected chi connectivity index (χ2v) is 4.37. The molecule has 0 fully saturated rings. The average molecular weight is 247 g/mol. The first kappa shape index (κ1) is 12.2. The Morgan fingerprint density at radius 1 is 0.882 bits per heavy atom. The lowest BCUT2D eigenvalue weighted by Gasteiger charge is -2.10. The molecule has 1 N–H and O–H groups in total. The number of hydrogen-bond donors (Lipinski definition) is 1. The number of halogens is 1. The molecule has 0 spiro atoms. The fourth-order valence-corrected chi connectivity index (χ4v) is 2.19. The van der Waals surface area contributed by atoms with Gasteiger partial charge in [-0.25, -0.2) is 0 Å². The zero-order chi connectivity index (χ0) is 12.1. The number of aliphatic hydroxyl groups is 1. The average Bonchev–Trinajstić information content (AvgIpc) is 2.37. The van der Waals surface area contributed by atoms with Gasteiger partial charge in [0.1, 0.15) is 0 Å². The van der Waals surface area contributed by atoms with Crippen molar-refractivity contribution in [2.75, 3.05) is 6.61 Å². The highest BCUT2D eigenvalue weighted by Gasteiger charge is 2.07. The number of aliphatic hydroxyl groups excluding tert-OH is 1. The summed E-state index contributed by atoms with van der Waals surface area (Å²) in [7, 11) is 0. The van der Waals surface area contributed by atoms with Gasteiger partial charge in [-0.15, -0.1) is 0 Å². The largest absolute Gasteiger partial charge is 0.396 e. The second kappa shape index (κ2) is 5.85. The van der Waals surface area contributed by atoms with Crippen LogP contribution in [0.2, 0.25) is 5.02 Å². The van der Waals surface area contributed by atoms with Crippen molar-refractivity contribution in [1.29, 1.82) is 0 Å². The Bertz CT molecular complexity index is 494. The third-order valence-electron chi connectivity index (χ3n) is 2.79. The summed E-state index contributed by atoms with van der Waals surface area (Å²) in [4.78, 5) is 0. The fraction of sp³-hybridized carbons (Fsp3) is 0.200. The highest BCUT2D eigenvalue weighted by Crippen LogP contribution is 2.30. The lowest BCUT2D eigenvalue weighted by molar-refractivity contribution is 0.288. The molecule has 2 heteroatoms. The standard InChI is InChI=1S/C15H15ClO/c16-15-10-4-3-9-14(15)13-8-2-1-6-12(13)7-5-11-17/h1-4,6,8-10,17H,5,7,11H2. The van der Waals surface area contributed by atoms with E-state index in [1.54, 1.807) is 0 Å². The summed E-state index contributed by atoms with van der Waals surface area (Å²) in [5.41, 5.74) is 3.45. The highest BCUT2D eigenvalue weighted by atomic mass is 35.5. The Balaban J connectivity index is 2.41. The molecule has 0 bridgehead atoms. The maximum atomic E-state index is 8.92. The molecule has 88 valence electrons. The molecule has 0 heterocycles. The van der Waals surface area contributed by atoms with Gasteiger partial charge in [-0.2, -0.15) is 0 Å². The predicted molar refractivity (Wildman–Crippen MR) is 72.3 cm³/mol. The van der Waals surface area contributed by atoms with E-state index < -0.39 is 0 Å². The lowest BCUT2D eigenvalue weighted by Crippen LogP contribution is -1.93. The fourth-order valence-electron chi connectivity index (χ4n) is 1.95. The Labute approximate surface area is 107 Å². The highest BCUT2D eigenvalue weighted by molar-refractivity contribution is 6.33. The normalized spacial score (nSPS) is 10.5. The van der Waals surface area contributed by atoms with Crippen LogP contribution < -0.4 is 0 Å². The van der Waals surface area contributed by atoms with E-state index in [2.05, 4.69) is 12.1 Å². The molecule has 0 saturated heterocycles. The van der Waals surface area contributed by atoms with Crippen molar-refractivity contribution in [1.82, 2.24) is 0 Å². The van der Waals surface area contributed by atoms with Crippen LogP contribution in [0.5, 0.6) is 0 Å². The summed E-state index contributed by atoms with van der Waals surface area (Å²) in [5, 5.41) is 9.69. The molecule has 0 aliphatic heterocycles. The van der Waals surface area contributed by atoms with Gasteiger partial charge in [0, 0.05) is 17.2 Å². The van der Waals surface area contributed by atoms with Crippen molar-refractivity contribution in [3.8, 4) is 11.1 Å². The topological polar surface area (TPSA) is 20.2 Å². The molecule has 0 atom stereocenters. The van der Waals surface area contributed by atoms with Gasteiger partial charge in [0.15, 0.2) is 0 Å². The quantitative estimate of drug-likeness (QED) is 0.867. The van der Waals surface area contributed by atoms with E-state index in [-0.39, 0.29) is 6.61 Å². The number of hydrogen-bond acceptors (Lipinski definition) is 1. The van der Waals surface area contributed by atoms with Crippen molar-refractivity contribution in [3.05, 3.63) is 59.1 Å². The molecule has 0 saturated carbocycles. The lowest BCUT2D eigenvalue weighted by atomic mass is 9.97. The smallest absolute Gasteiger partial charge is 0.0484 e. The molecular weight excluding hydrogens is 232 g/mol. The molecule has 2 rings (SSSR count). The molecule has 2 aromatic carbocycles. The molecule has 1 nitrogen and oxygen atoms in total. The van der Waals surface area contributed by atoms with Gasteiger partial charge in [0.2, 0.25) is 0 Å². The van der Waals surface area contributed by atoms with Crippen LogP contribution in [0.3, 0.4) is 0 Å². The van der Waals surface area contributed by atoms with E-state index in [1.807, 2.05) is 36.4 Å². The molecule has 0 aliphatic carbocycles. The molecule has 17 heavy (non-hydrogen) atoms. The van der Waals surface area contributed by atoms with Crippen molar-refractivity contribution >= 4 is 11.6 Å². The molecule has 0 amide bonds. The van der Waals surface area contributed by atoms with E-state index in [4.69, 9.17) is 16.7 Å².